The predicted molar refractivity (Wildman–Crippen MR) is 87.8 cm³/mol. The number of pyridine rings is 1. The number of aromatic nitrogens is 3. The zero-order valence-electron chi connectivity index (χ0n) is 12.5. The van der Waals surface area contributed by atoms with Crippen molar-refractivity contribution in [1.29, 1.82) is 0 Å². The number of fused-ring (bicyclic) bond motifs is 3. The summed E-state index contributed by atoms with van der Waals surface area (Å²) in [6.45, 7) is 2.21. The van der Waals surface area contributed by atoms with Crippen molar-refractivity contribution >= 4 is 23.4 Å². The van der Waals surface area contributed by atoms with Gasteiger partial charge in [-0.15, -0.1) is 0 Å². The molecule has 0 saturated carbocycles. The first-order valence-corrected chi connectivity index (χ1v) is 7.82. The lowest BCUT2D eigenvalue weighted by atomic mass is 10.1. The van der Waals surface area contributed by atoms with E-state index in [9.17, 15) is 9.59 Å². The van der Waals surface area contributed by atoms with E-state index < -0.39 is 0 Å². The molecule has 0 bridgehead atoms. The van der Waals surface area contributed by atoms with Crippen LogP contribution in [0.1, 0.15) is 28.5 Å². The van der Waals surface area contributed by atoms with Gasteiger partial charge in [0.25, 0.3) is 5.56 Å². The lowest BCUT2D eigenvalue weighted by molar-refractivity contribution is 0.112. The van der Waals surface area contributed by atoms with Crippen LogP contribution in [0.5, 0.6) is 0 Å². The van der Waals surface area contributed by atoms with Crippen LogP contribution in [0, 0.1) is 5.92 Å². The Labute approximate surface area is 137 Å². The van der Waals surface area contributed by atoms with Gasteiger partial charge in [0.05, 0.1) is 10.6 Å². The number of rotatable bonds is 2. The van der Waals surface area contributed by atoms with Crippen LogP contribution in [0.3, 0.4) is 0 Å². The van der Waals surface area contributed by atoms with Crippen molar-refractivity contribution in [2.24, 2.45) is 5.92 Å². The molecule has 0 amide bonds. The first kappa shape index (κ1) is 14.2. The van der Waals surface area contributed by atoms with Gasteiger partial charge < -0.3 is 4.40 Å². The fourth-order valence-electron chi connectivity index (χ4n) is 3.37. The van der Waals surface area contributed by atoms with Crippen LogP contribution in [-0.2, 0) is 12.8 Å². The first-order chi connectivity index (χ1) is 11.1. The summed E-state index contributed by atoms with van der Waals surface area (Å²) >= 11 is 6.04. The molecule has 0 spiro atoms. The number of nitrogens with zero attached hydrogens (tertiary/aromatic N) is 3. The lowest BCUT2D eigenvalue weighted by Crippen LogP contribution is -2.22. The Morgan fingerprint density at radius 2 is 2.17 bits per heavy atom. The first-order valence-electron chi connectivity index (χ1n) is 7.44. The highest BCUT2D eigenvalue weighted by molar-refractivity contribution is 6.33. The molecule has 23 heavy (non-hydrogen) atoms. The number of halogens is 1. The maximum Gasteiger partial charge on any atom is 0.280 e. The van der Waals surface area contributed by atoms with Crippen molar-refractivity contribution < 1.29 is 4.79 Å². The molecule has 116 valence electrons. The van der Waals surface area contributed by atoms with E-state index in [2.05, 4.69) is 11.9 Å². The molecular formula is C17H14ClN3O2. The third-order valence-corrected chi connectivity index (χ3v) is 4.74. The summed E-state index contributed by atoms with van der Waals surface area (Å²) in [5, 5.41) is 0.281. The van der Waals surface area contributed by atoms with Crippen molar-refractivity contribution in [3.63, 3.8) is 0 Å². The second kappa shape index (κ2) is 5.06. The van der Waals surface area contributed by atoms with Gasteiger partial charge in [-0.05, 0) is 36.5 Å². The van der Waals surface area contributed by atoms with Gasteiger partial charge in [0.15, 0.2) is 12.1 Å². The summed E-state index contributed by atoms with van der Waals surface area (Å²) < 4.78 is 3.33. The maximum atomic E-state index is 12.8. The van der Waals surface area contributed by atoms with E-state index in [1.54, 1.807) is 6.20 Å². The van der Waals surface area contributed by atoms with Gasteiger partial charge in [-0.1, -0.05) is 18.5 Å². The van der Waals surface area contributed by atoms with Crippen LogP contribution >= 0.6 is 11.6 Å². The van der Waals surface area contributed by atoms with Crippen molar-refractivity contribution in [2.45, 2.75) is 19.8 Å². The molecule has 0 radical (unpaired) electrons. The molecule has 0 aliphatic heterocycles. The fraction of sp³-hybridized carbons (Fsp3) is 0.235. The van der Waals surface area contributed by atoms with Crippen LogP contribution in [0.4, 0.5) is 0 Å². The Bertz CT molecular complexity index is 1000. The van der Waals surface area contributed by atoms with Crippen molar-refractivity contribution in [2.75, 3.05) is 0 Å². The topological polar surface area (TPSA) is 56.4 Å². The minimum atomic E-state index is -0.201. The van der Waals surface area contributed by atoms with E-state index in [1.165, 1.54) is 28.1 Å². The van der Waals surface area contributed by atoms with E-state index in [0.717, 1.165) is 12.8 Å². The van der Waals surface area contributed by atoms with Crippen molar-refractivity contribution in [3.8, 4) is 5.82 Å². The largest absolute Gasteiger partial charge is 0.314 e. The molecule has 4 rings (SSSR count). The van der Waals surface area contributed by atoms with Crippen LogP contribution < -0.4 is 5.56 Å². The Kier molecular flexibility index (Phi) is 3.13. The zero-order chi connectivity index (χ0) is 16.1. The minimum Gasteiger partial charge on any atom is -0.314 e. The third kappa shape index (κ3) is 2.04. The Balaban J connectivity index is 1.98. The average Bonchev–Trinajstić information content (AvgIpc) is 3.04. The number of aldehydes is 1. The minimum absolute atomic E-state index is 0.201. The number of carbonyl (C=O) groups excluding carboxylic acids is 1. The van der Waals surface area contributed by atoms with Gasteiger partial charge in [0.2, 0.25) is 0 Å². The molecule has 0 aromatic carbocycles. The number of carbonyl (C=O) groups is 1. The summed E-state index contributed by atoms with van der Waals surface area (Å²) in [5.74, 6) is 0.866. The van der Waals surface area contributed by atoms with E-state index in [0.29, 0.717) is 17.7 Å². The van der Waals surface area contributed by atoms with Gasteiger partial charge in [-0.25, -0.2) is 4.98 Å². The van der Waals surface area contributed by atoms with Gasteiger partial charge in [-0.2, -0.15) is 0 Å². The zero-order valence-corrected chi connectivity index (χ0v) is 13.2. The number of hydrogen-bond acceptors (Lipinski definition) is 3. The smallest absolute Gasteiger partial charge is 0.280 e. The molecule has 1 aliphatic rings. The highest BCUT2D eigenvalue weighted by atomic mass is 35.5. The standard InChI is InChI=1S/C17H14ClN3O2/c1-10-6-11-8-15-17(23)21(5-4-20(15)14(11)7-10)16-12(9-22)13(18)2-3-19-16/h2-5,8-10H,6-7H2,1H3. The quantitative estimate of drug-likeness (QED) is 0.680. The van der Waals surface area contributed by atoms with Gasteiger partial charge in [-0.3, -0.25) is 14.2 Å². The van der Waals surface area contributed by atoms with Crippen molar-refractivity contribution in [3.05, 3.63) is 62.9 Å². The molecule has 1 aliphatic carbocycles. The van der Waals surface area contributed by atoms with E-state index in [4.69, 9.17) is 11.6 Å². The summed E-state index contributed by atoms with van der Waals surface area (Å²) in [5.41, 5.74) is 3.04. The molecule has 0 N–H and O–H groups in total. The molecule has 1 atom stereocenters. The van der Waals surface area contributed by atoms with Gasteiger partial charge >= 0.3 is 0 Å². The summed E-state index contributed by atoms with van der Waals surface area (Å²) in [7, 11) is 0. The molecule has 0 fully saturated rings. The molecule has 5 nitrogen and oxygen atoms in total. The number of hydrogen-bond donors (Lipinski definition) is 0. The molecule has 3 aromatic heterocycles. The molecule has 3 heterocycles. The second-order valence-electron chi connectivity index (χ2n) is 6.01. The predicted octanol–water partition coefficient (Wildman–Crippen LogP) is 2.69. The molecule has 0 saturated heterocycles. The SMILES string of the molecule is CC1Cc2cc3c(=O)n(-c4nccc(Cl)c4C=O)ccn3c2C1. The average molecular weight is 328 g/mol. The molecule has 6 heteroatoms. The van der Waals surface area contributed by atoms with E-state index in [1.807, 2.05) is 16.7 Å². The van der Waals surface area contributed by atoms with Crippen LogP contribution in [-0.4, -0.2) is 20.2 Å². The lowest BCUT2D eigenvalue weighted by Gasteiger charge is -2.10. The monoisotopic (exact) mass is 327 g/mol. The van der Waals surface area contributed by atoms with Gasteiger partial charge in [0, 0.05) is 24.3 Å². The molecule has 1 unspecified atom stereocenters. The second-order valence-corrected chi connectivity index (χ2v) is 6.41. The van der Waals surface area contributed by atoms with Crippen molar-refractivity contribution in [1.82, 2.24) is 14.0 Å². The third-order valence-electron chi connectivity index (χ3n) is 4.41. The summed E-state index contributed by atoms with van der Waals surface area (Å²) in [6.07, 6.45) is 7.57. The van der Waals surface area contributed by atoms with Crippen LogP contribution in [0.25, 0.3) is 11.3 Å². The van der Waals surface area contributed by atoms with Crippen LogP contribution in [0.15, 0.2) is 35.5 Å². The highest BCUT2D eigenvalue weighted by Crippen LogP contribution is 2.28. The summed E-state index contributed by atoms with van der Waals surface area (Å²) in [6, 6.07) is 3.48. The Morgan fingerprint density at radius 3 is 2.96 bits per heavy atom. The Hall–Kier alpha value is -2.40. The molecule has 3 aromatic rings. The van der Waals surface area contributed by atoms with E-state index >= 15 is 0 Å². The normalized spacial score (nSPS) is 16.7. The highest BCUT2D eigenvalue weighted by Gasteiger charge is 2.23. The van der Waals surface area contributed by atoms with Crippen LogP contribution in [0.2, 0.25) is 5.02 Å². The summed E-state index contributed by atoms with van der Waals surface area (Å²) in [4.78, 5) is 28.3. The van der Waals surface area contributed by atoms with Gasteiger partial charge in [0.1, 0.15) is 5.52 Å². The molecular weight excluding hydrogens is 314 g/mol. The Morgan fingerprint density at radius 1 is 1.35 bits per heavy atom. The maximum absolute atomic E-state index is 12.8. The fourth-order valence-corrected chi connectivity index (χ4v) is 3.55. The van der Waals surface area contributed by atoms with E-state index in [-0.39, 0.29) is 22.0 Å².